The van der Waals surface area contributed by atoms with Crippen LogP contribution in [-0.2, 0) is 0 Å². The van der Waals surface area contributed by atoms with Gasteiger partial charge in [-0.3, -0.25) is 0 Å². The van der Waals surface area contributed by atoms with E-state index in [1.54, 1.807) is 11.1 Å². The van der Waals surface area contributed by atoms with Gasteiger partial charge in [0, 0.05) is 11.1 Å². The second kappa shape index (κ2) is 3.45. The summed E-state index contributed by atoms with van der Waals surface area (Å²) in [6.45, 7) is 4.78. The van der Waals surface area contributed by atoms with E-state index >= 15 is 0 Å². The second-order valence-corrected chi connectivity index (χ2v) is 7.56. The van der Waals surface area contributed by atoms with E-state index in [4.69, 9.17) is 0 Å². The maximum atomic E-state index is 2.48. The third-order valence-electron chi connectivity index (χ3n) is 4.36. The van der Waals surface area contributed by atoms with Crippen molar-refractivity contribution in [3.63, 3.8) is 0 Å². The molecule has 0 nitrogen and oxygen atoms in total. The summed E-state index contributed by atoms with van der Waals surface area (Å²) in [6, 6.07) is 0. The zero-order valence-corrected chi connectivity index (χ0v) is 10.8. The minimum atomic E-state index is 0.487. The van der Waals surface area contributed by atoms with Gasteiger partial charge in [0.15, 0.2) is 0 Å². The SMILES string of the molecule is CC1(C)C2=C1C(PC1CCCCC1)C=C2. The van der Waals surface area contributed by atoms with Gasteiger partial charge in [0.05, 0.1) is 0 Å². The van der Waals surface area contributed by atoms with Gasteiger partial charge in [0.1, 0.15) is 0 Å². The first-order valence-corrected chi connectivity index (χ1v) is 7.54. The monoisotopic (exact) mass is 220 g/mol. The average molecular weight is 220 g/mol. The van der Waals surface area contributed by atoms with Gasteiger partial charge in [0.25, 0.3) is 0 Å². The van der Waals surface area contributed by atoms with Crippen LogP contribution < -0.4 is 0 Å². The molecule has 0 bridgehead atoms. The first-order valence-electron chi connectivity index (χ1n) is 6.39. The lowest BCUT2D eigenvalue weighted by atomic mass is 9.99. The van der Waals surface area contributed by atoms with Crippen LogP contribution in [0.1, 0.15) is 46.0 Å². The van der Waals surface area contributed by atoms with E-state index in [-0.39, 0.29) is 0 Å². The fraction of sp³-hybridized carbons (Fsp3) is 0.714. The summed E-state index contributed by atoms with van der Waals surface area (Å²) in [5.74, 6) is 0. The summed E-state index contributed by atoms with van der Waals surface area (Å²) in [5.41, 5.74) is 5.83. The first-order chi connectivity index (χ1) is 7.19. The van der Waals surface area contributed by atoms with E-state index in [1.807, 2.05) is 0 Å². The molecule has 0 aliphatic heterocycles. The van der Waals surface area contributed by atoms with Crippen LogP contribution in [0.5, 0.6) is 0 Å². The molecule has 0 saturated heterocycles. The van der Waals surface area contributed by atoms with Crippen molar-refractivity contribution in [2.75, 3.05) is 0 Å². The van der Waals surface area contributed by atoms with Crippen LogP contribution in [0.15, 0.2) is 23.3 Å². The fourth-order valence-corrected chi connectivity index (χ4v) is 5.47. The number of allylic oxidation sites excluding steroid dienone is 4. The largest absolute Gasteiger partial charge is 0.107 e. The Morgan fingerprint density at radius 3 is 2.53 bits per heavy atom. The van der Waals surface area contributed by atoms with Gasteiger partial charge in [-0.25, -0.2) is 0 Å². The van der Waals surface area contributed by atoms with Crippen molar-refractivity contribution in [1.29, 1.82) is 0 Å². The molecule has 3 aliphatic carbocycles. The predicted molar refractivity (Wildman–Crippen MR) is 68.9 cm³/mol. The molecule has 1 heteroatoms. The molecule has 0 aromatic rings. The lowest BCUT2D eigenvalue weighted by molar-refractivity contribution is 0.512. The van der Waals surface area contributed by atoms with Crippen molar-refractivity contribution in [1.82, 2.24) is 0 Å². The minimum absolute atomic E-state index is 0.487. The van der Waals surface area contributed by atoms with Gasteiger partial charge in [0.2, 0.25) is 0 Å². The van der Waals surface area contributed by atoms with Gasteiger partial charge in [-0.2, -0.15) is 0 Å². The van der Waals surface area contributed by atoms with Crippen LogP contribution in [0, 0.1) is 5.41 Å². The zero-order valence-electron chi connectivity index (χ0n) is 9.84. The van der Waals surface area contributed by atoms with E-state index in [1.165, 1.54) is 40.7 Å². The molecule has 2 atom stereocenters. The summed E-state index contributed by atoms with van der Waals surface area (Å²) in [4.78, 5) is 0. The quantitative estimate of drug-likeness (QED) is 0.609. The van der Waals surface area contributed by atoms with Crippen LogP contribution in [0.2, 0.25) is 0 Å². The molecule has 82 valence electrons. The Bertz CT molecular complexity index is 329. The summed E-state index contributed by atoms with van der Waals surface area (Å²) in [5, 5.41) is 0. The van der Waals surface area contributed by atoms with Crippen molar-refractivity contribution in [3.8, 4) is 0 Å². The molecule has 15 heavy (non-hydrogen) atoms. The molecule has 0 radical (unpaired) electrons. The van der Waals surface area contributed by atoms with E-state index in [9.17, 15) is 0 Å². The van der Waals surface area contributed by atoms with Gasteiger partial charge in [-0.15, -0.1) is 8.58 Å². The molecule has 0 spiro atoms. The molecule has 3 rings (SSSR count). The van der Waals surface area contributed by atoms with Gasteiger partial charge in [-0.05, 0) is 29.6 Å². The van der Waals surface area contributed by atoms with E-state index in [0.29, 0.717) is 5.41 Å². The van der Waals surface area contributed by atoms with Crippen LogP contribution in [0.3, 0.4) is 0 Å². The van der Waals surface area contributed by atoms with E-state index in [0.717, 1.165) is 11.3 Å². The maximum Gasteiger partial charge on any atom is 0.0172 e. The highest BCUT2D eigenvalue weighted by Crippen LogP contribution is 2.62. The van der Waals surface area contributed by atoms with Crippen LogP contribution in [0.25, 0.3) is 0 Å². The lowest BCUT2D eigenvalue weighted by Crippen LogP contribution is -2.12. The fourth-order valence-electron chi connectivity index (χ4n) is 3.33. The van der Waals surface area contributed by atoms with Crippen molar-refractivity contribution in [2.24, 2.45) is 5.41 Å². The number of hydrogen-bond donors (Lipinski definition) is 0. The van der Waals surface area contributed by atoms with Crippen LogP contribution in [-0.4, -0.2) is 11.3 Å². The summed E-state index contributed by atoms with van der Waals surface area (Å²) >= 11 is 0. The predicted octanol–water partition coefficient (Wildman–Crippen LogP) is 4.27. The highest BCUT2D eigenvalue weighted by molar-refractivity contribution is 7.40. The summed E-state index contributed by atoms with van der Waals surface area (Å²) in [7, 11) is 1.18. The lowest BCUT2D eigenvalue weighted by Gasteiger charge is -2.25. The van der Waals surface area contributed by atoms with Crippen LogP contribution >= 0.6 is 8.58 Å². The standard InChI is InChI=1S/C14H21P/c1-14(2)11-8-9-12(13(11)14)15-10-6-4-3-5-7-10/h8-10,12,15H,3-7H2,1-2H3. The Balaban J connectivity index is 1.61. The highest BCUT2D eigenvalue weighted by Gasteiger charge is 2.49. The molecule has 1 fully saturated rings. The minimum Gasteiger partial charge on any atom is -0.107 e. The Morgan fingerprint density at radius 2 is 1.93 bits per heavy atom. The normalized spacial score (nSPS) is 34.1. The second-order valence-electron chi connectivity index (χ2n) is 5.79. The molecule has 2 unspecified atom stereocenters. The zero-order chi connectivity index (χ0) is 10.5. The molecule has 0 N–H and O–H groups in total. The molecule has 3 aliphatic rings. The molecular weight excluding hydrogens is 199 g/mol. The van der Waals surface area contributed by atoms with Gasteiger partial charge >= 0.3 is 0 Å². The molecule has 0 aromatic carbocycles. The topological polar surface area (TPSA) is 0 Å². The summed E-state index contributed by atoms with van der Waals surface area (Å²) < 4.78 is 0. The first kappa shape index (κ1) is 10.1. The van der Waals surface area contributed by atoms with Gasteiger partial charge in [-0.1, -0.05) is 45.3 Å². The number of hydrogen-bond acceptors (Lipinski definition) is 0. The Hall–Kier alpha value is -0.0900. The van der Waals surface area contributed by atoms with Crippen molar-refractivity contribution < 1.29 is 0 Å². The van der Waals surface area contributed by atoms with E-state index < -0.39 is 0 Å². The Morgan fingerprint density at radius 1 is 1.20 bits per heavy atom. The average Bonchev–Trinajstić information content (AvgIpc) is 2.61. The molecule has 0 aromatic heterocycles. The molecule has 0 amide bonds. The summed E-state index contributed by atoms with van der Waals surface area (Å²) in [6.07, 6.45) is 12.4. The smallest absolute Gasteiger partial charge is 0.0172 e. The maximum absolute atomic E-state index is 2.48. The van der Waals surface area contributed by atoms with Crippen molar-refractivity contribution in [2.45, 2.75) is 57.3 Å². The Labute approximate surface area is 95.0 Å². The molecular formula is C14H21P. The highest BCUT2D eigenvalue weighted by atomic mass is 31.1. The van der Waals surface area contributed by atoms with Gasteiger partial charge < -0.3 is 0 Å². The third kappa shape index (κ3) is 1.62. The third-order valence-corrected chi connectivity index (χ3v) is 6.25. The molecule has 1 saturated carbocycles. The number of rotatable bonds is 2. The molecule has 0 heterocycles. The van der Waals surface area contributed by atoms with Crippen LogP contribution in [0.4, 0.5) is 0 Å². The van der Waals surface area contributed by atoms with Crippen molar-refractivity contribution in [3.05, 3.63) is 23.3 Å². The van der Waals surface area contributed by atoms with Crippen molar-refractivity contribution >= 4 is 8.58 Å². The van der Waals surface area contributed by atoms with E-state index in [2.05, 4.69) is 26.0 Å². The Kier molecular flexibility index (Phi) is 2.32.